The molecule has 7 aromatic heterocycles. The maximum absolute atomic E-state index is 5.14. The van der Waals surface area contributed by atoms with Gasteiger partial charge in [-0.15, -0.1) is 0 Å². The van der Waals surface area contributed by atoms with Crippen molar-refractivity contribution < 1.29 is 0 Å². The Balaban J connectivity index is 0.000000105. The van der Waals surface area contributed by atoms with Crippen molar-refractivity contribution in [1.29, 1.82) is 0 Å². The van der Waals surface area contributed by atoms with Gasteiger partial charge in [-0.05, 0) is 144 Å². The molecule has 15 aromatic rings. The van der Waals surface area contributed by atoms with Gasteiger partial charge in [-0.3, -0.25) is 14.5 Å². The first-order valence-corrected chi connectivity index (χ1v) is 37.4. The molecule has 8 aromatic carbocycles. The van der Waals surface area contributed by atoms with Crippen molar-refractivity contribution in [2.45, 2.75) is 86.0 Å². The number of pyridine rings is 4. The normalized spacial score (nSPS) is 17.6. The topological polar surface area (TPSA) is 92.3 Å². The van der Waals surface area contributed by atoms with Crippen LogP contribution < -0.4 is 19.6 Å². The predicted octanol–water partition coefficient (Wildman–Crippen LogP) is 20.3. The van der Waals surface area contributed by atoms with Crippen molar-refractivity contribution in [2.75, 3.05) is 47.8 Å². The van der Waals surface area contributed by atoms with Gasteiger partial charge in [0.25, 0.3) is 0 Å². The Morgan fingerprint density at radius 3 is 1.34 bits per heavy atom. The smallest absolute Gasteiger partial charge is 0.147 e. The third-order valence-corrected chi connectivity index (χ3v) is 22.6. The molecule has 0 saturated carbocycles. The second-order valence-corrected chi connectivity index (χ2v) is 28.9. The van der Waals surface area contributed by atoms with E-state index in [-0.39, 0.29) is 24.4 Å². The molecule has 15 heteroatoms. The quantitative estimate of drug-likeness (QED) is 0.145. The summed E-state index contributed by atoms with van der Waals surface area (Å²) in [6.07, 6.45) is 22.2. The Hall–Kier alpha value is -12.9. The van der Waals surface area contributed by atoms with E-state index in [0.29, 0.717) is 6.17 Å². The summed E-state index contributed by atoms with van der Waals surface area (Å²) in [6, 6.07) is 81.3. The summed E-state index contributed by atoms with van der Waals surface area (Å²) in [5.41, 5.74) is 26.9. The van der Waals surface area contributed by atoms with Gasteiger partial charge >= 0.3 is 0 Å². The van der Waals surface area contributed by atoms with Crippen LogP contribution in [0.25, 0.3) is 93.9 Å². The summed E-state index contributed by atoms with van der Waals surface area (Å²) in [5, 5.41) is 6.05. The summed E-state index contributed by atoms with van der Waals surface area (Å²) < 4.78 is 6.95. The molecule has 0 radical (unpaired) electrons. The molecule has 0 saturated heterocycles. The molecular formula is C93H89N15. The minimum absolute atomic E-state index is 0.208. The van der Waals surface area contributed by atoms with Crippen LogP contribution >= 0.6 is 0 Å². The first kappa shape index (κ1) is 68.2. The van der Waals surface area contributed by atoms with Gasteiger partial charge in [0.05, 0.1) is 89.9 Å². The molecule has 0 spiro atoms. The van der Waals surface area contributed by atoms with Gasteiger partial charge < -0.3 is 48.3 Å². The molecule has 5 aliphatic rings. The highest BCUT2D eigenvalue weighted by atomic mass is 15.4. The standard InChI is InChI=1S/C24H23N3.3C23H22N4/c1-16-22(27-14-13-26(3)17(27)2)15-21-19-11-7-8-12-20(19)23(24(21)25-16)18-9-5-4-6-10-18;1-16-22(26-14-13-25(3)17(26)2)23-20(15-24-16)19-11-7-8-12-21(19)27(23)18-9-5-4-6-10-18;1-16-21(26-14-13-25(3)17(26)2)15-22-23(24-16)19-11-7-8-12-20(19)27(22)18-9-5-4-6-10-18;1-16-15-24-23-21(22(16)26-14-13-25(3)17(26)2)19-11-7-8-12-20(19)27(23)18-9-5-4-6-10-18/h4-15,17,23H,1-3H3;3*4-15,17H,1-3H3/t17-,23?;3*17-/m0000/s1. The summed E-state index contributed by atoms with van der Waals surface area (Å²) in [5.74, 6) is 0.208. The number of nitrogens with zero attached hydrogens (tertiary/aromatic N) is 15. The minimum Gasteiger partial charge on any atom is -0.359 e. The second kappa shape index (κ2) is 27.9. The Labute approximate surface area is 632 Å². The Bertz CT molecular complexity index is 5990. The highest BCUT2D eigenvalue weighted by molar-refractivity contribution is 6.15. The fourth-order valence-corrected chi connectivity index (χ4v) is 16.4. The van der Waals surface area contributed by atoms with E-state index in [2.05, 4.69) is 411 Å². The first-order valence-electron chi connectivity index (χ1n) is 37.4. The zero-order chi connectivity index (χ0) is 74.2. The van der Waals surface area contributed by atoms with E-state index < -0.39 is 0 Å². The number of para-hydroxylation sites is 6. The number of benzene rings is 8. The van der Waals surface area contributed by atoms with Crippen LogP contribution in [0.4, 0.5) is 22.7 Å². The minimum atomic E-state index is 0.208. The lowest BCUT2D eigenvalue weighted by molar-refractivity contribution is 0.383. The second-order valence-electron chi connectivity index (χ2n) is 28.9. The summed E-state index contributed by atoms with van der Waals surface area (Å²) >= 11 is 0. The number of aryl methyl sites for hydroxylation is 4. The number of aromatic nitrogens is 7. The first-order chi connectivity index (χ1) is 52.6. The molecular weight excluding hydrogens is 1330 g/mol. The van der Waals surface area contributed by atoms with Gasteiger partial charge in [0.1, 0.15) is 30.3 Å². The van der Waals surface area contributed by atoms with E-state index in [1.807, 2.05) is 18.5 Å². The average Bonchev–Trinajstić information content (AvgIpc) is 1.58. The fourth-order valence-electron chi connectivity index (χ4n) is 16.4. The van der Waals surface area contributed by atoms with Gasteiger partial charge in [-0.25, -0.2) is 9.97 Å². The fraction of sp³-hybridized carbons (Fsp3) is 0.183. The molecule has 20 rings (SSSR count). The van der Waals surface area contributed by atoms with E-state index in [4.69, 9.17) is 19.9 Å². The van der Waals surface area contributed by atoms with Crippen molar-refractivity contribution in [3.05, 3.63) is 332 Å². The van der Waals surface area contributed by atoms with Crippen LogP contribution in [0.15, 0.2) is 293 Å². The van der Waals surface area contributed by atoms with Gasteiger partial charge in [-0.2, -0.15) is 0 Å². The number of hydrogen-bond acceptors (Lipinski definition) is 12. The maximum atomic E-state index is 5.14. The largest absolute Gasteiger partial charge is 0.359 e. The lowest BCUT2D eigenvalue weighted by atomic mass is 9.92. The highest BCUT2D eigenvalue weighted by Gasteiger charge is 2.35. The number of fused-ring (bicyclic) bond motifs is 12. The molecule has 0 bridgehead atoms. The summed E-state index contributed by atoms with van der Waals surface area (Å²) in [6.45, 7) is 17.3. The molecule has 0 amide bonds. The zero-order valence-electron chi connectivity index (χ0n) is 63.3. The van der Waals surface area contributed by atoms with Crippen LogP contribution in [0.1, 0.15) is 73.1 Å². The molecule has 1 aliphatic carbocycles. The van der Waals surface area contributed by atoms with Crippen LogP contribution in [0.2, 0.25) is 0 Å². The number of anilines is 4. The van der Waals surface area contributed by atoms with E-state index in [9.17, 15) is 0 Å². The van der Waals surface area contributed by atoms with Crippen LogP contribution in [-0.2, 0) is 0 Å². The molecule has 0 fully saturated rings. The third kappa shape index (κ3) is 11.6. The molecule has 5 atom stereocenters. The third-order valence-electron chi connectivity index (χ3n) is 22.6. The van der Waals surface area contributed by atoms with Crippen molar-refractivity contribution in [3.63, 3.8) is 0 Å². The zero-order valence-corrected chi connectivity index (χ0v) is 63.3. The molecule has 0 N–H and O–H groups in total. The molecule has 15 nitrogen and oxygen atoms in total. The Morgan fingerprint density at radius 2 is 0.778 bits per heavy atom. The van der Waals surface area contributed by atoms with Crippen molar-refractivity contribution in [1.82, 2.24) is 53.2 Å². The molecule has 11 heterocycles. The Morgan fingerprint density at radius 1 is 0.333 bits per heavy atom. The molecule has 108 heavy (non-hydrogen) atoms. The van der Waals surface area contributed by atoms with Gasteiger partial charge in [0.2, 0.25) is 0 Å². The Kier molecular flexibility index (Phi) is 17.6. The number of hydrogen-bond donors (Lipinski definition) is 0. The van der Waals surface area contributed by atoms with Gasteiger partial charge in [0.15, 0.2) is 0 Å². The van der Waals surface area contributed by atoms with Crippen LogP contribution in [0.3, 0.4) is 0 Å². The lowest BCUT2D eigenvalue weighted by Crippen LogP contribution is -2.34. The maximum Gasteiger partial charge on any atom is 0.147 e. The molecule has 536 valence electrons. The van der Waals surface area contributed by atoms with Crippen molar-refractivity contribution in [2.24, 2.45) is 0 Å². The van der Waals surface area contributed by atoms with E-state index in [1.165, 1.54) is 105 Å². The highest BCUT2D eigenvalue weighted by Crippen LogP contribution is 2.50. The van der Waals surface area contributed by atoms with Gasteiger partial charge in [0, 0.05) is 134 Å². The van der Waals surface area contributed by atoms with Crippen LogP contribution in [0.5, 0.6) is 0 Å². The monoisotopic (exact) mass is 1420 g/mol. The number of rotatable bonds is 8. The SMILES string of the molecule is Cc1cnc2c(c1N1C=CN(C)[C@@H]1C)c1ccccc1n2-c1ccccc1.Cc1nc2c(cc1N1C=CN(C)[C@@H]1C)-c1ccccc1C2c1ccccc1.Cc1nc2c3ccccc3n(-c3ccccc3)c2cc1N1C=CN(C)[C@@H]1C.Cc1ncc2c3ccccc3n(-c3ccccc3)c2c1N1C=CN(C)[C@@H]1C. The summed E-state index contributed by atoms with van der Waals surface area (Å²) in [4.78, 5) is 37.9. The van der Waals surface area contributed by atoms with Gasteiger partial charge in [-0.1, -0.05) is 164 Å². The summed E-state index contributed by atoms with van der Waals surface area (Å²) in [7, 11) is 8.43. The van der Waals surface area contributed by atoms with E-state index in [0.717, 1.165) is 50.8 Å². The predicted molar refractivity (Wildman–Crippen MR) is 447 cm³/mol. The van der Waals surface area contributed by atoms with E-state index in [1.54, 1.807) is 0 Å². The van der Waals surface area contributed by atoms with Crippen LogP contribution in [-0.4, -0.2) is 106 Å². The average molecular weight is 1420 g/mol. The van der Waals surface area contributed by atoms with E-state index >= 15 is 0 Å². The molecule has 4 aliphatic heterocycles. The van der Waals surface area contributed by atoms with Crippen molar-refractivity contribution in [3.8, 4) is 28.2 Å². The van der Waals surface area contributed by atoms with Crippen molar-refractivity contribution >= 4 is 88.4 Å². The lowest BCUT2D eigenvalue weighted by Gasteiger charge is -2.29. The molecule has 1 unspecified atom stereocenters. The van der Waals surface area contributed by atoms with Crippen LogP contribution in [0, 0.1) is 27.7 Å².